The van der Waals surface area contributed by atoms with E-state index in [1.165, 1.54) is 0 Å². The minimum Gasteiger partial charge on any atom is -0.310 e. The molecular formula is C16H19N3O2. The highest BCUT2D eigenvalue weighted by atomic mass is 16.7. The zero-order valence-corrected chi connectivity index (χ0v) is 12.1. The molecule has 0 bridgehead atoms. The second-order valence-corrected chi connectivity index (χ2v) is 5.26. The second kappa shape index (κ2) is 5.79. The van der Waals surface area contributed by atoms with Crippen LogP contribution in [-0.2, 0) is 21.7 Å². The summed E-state index contributed by atoms with van der Waals surface area (Å²) < 4.78 is 1.87. The number of ketones is 1. The lowest BCUT2D eigenvalue weighted by Crippen LogP contribution is -2.52. The van der Waals surface area contributed by atoms with Crippen LogP contribution in [0.1, 0.15) is 18.4 Å². The lowest BCUT2D eigenvalue weighted by molar-refractivity contribution is -0.209. The monoisotopic (exact) mass is 285 g/mol. The number of Topliss-reactive ketones (excluding diaryl/α,β-unsaturated/α-hetero) is 1. The predicted octanol–water partition coefficient (Wildman–Crippen LogP) is 2.00. The molecule has 0 amide bonds. The molecule has 5 nitrogen and oxygen atoms in total. The number of benzene rings is 1. The third kappa shape index (κ3) is 2.39. The van der Waals surface area contributed by atoms with Crippen molar-refractivity contribution in [1.82, 2.24) is 14.6 Å². The summed E-state index contributed by atoms with van der Waals surface area (Å²) in [5.41, 5.74) is 0.242. The molecule has 1 aromatic carbocycles. The maximum absolute atomic E-state index is 13.0. The number of carbonyl (C=O) groups excluding carboxylic acids is 1. The number of aromatic nitrogens is 2. The van der Waals surface area contributed by atoms with Crippen molar-refractivity contribution in [3.05, 3.63) is 54.6 Å². The van der Waals surface area contributed by atoms with E-state index in [2.05, 4.69) is 4.98 Å². The Balaban J connectivity index is 1.94. The van der Waals surface area contributed by atoms with Crippen LogP contribution in [0.15, 0.2) is 49.1 Å². The summed E-state index contributed by atoms with van der Waals surface area (Å²) in [5, 5.41) is 1.78. The summed E-state index contributed by atoms with van der Waals surface area (Å²) in [6.45, 7) is 0.745. The predicted molar refractivity (Wildman–Crippen MR) is 78.3 cm³/mol. The number of carbonyl (C=O) groups is 1. The van der Waals surface area contributed by atoms with Gasteiger partial charge in [0, 0.05) is 25.4 Å². The van der Waals surface area contributed by atoms with Gasteiger partial charge in [0.05, 0.1) is 13.4 Å². The van der Waals surface area contributed by atoms with Gasteiger partial charge in [-0.3, -0.25) is 9.63 Å². The number of nitrogens with zero attached hydrogens (tertiary/aromatic N) is 3. The Labute approximate surface area is 124 Å². The first-order chi connectivity index (χ1) is 10.3. The van der Waals surface area contributed by atoms with E-state index in [0.29, 0.717) is 6.42 Å². The number of hydrogen-bond donors (Lipinski definition) is 0. The van der Waals surface area contributed by atoms with E-state index in [-0.39, 0.29) is 5.78 Å². The summed E-state index contributed by atoms with van der Waals surface area (Å²) in [4.78, 5) is 22.6. The lowest BCUT2D eigenvalue weighted by Gasteiger charge is -2.36. The zero-order chi connectivity index (χ0) is 14.7. The molecule has 2 heterocycles. The molecule has 1 atom stereocenters. The Morgan fingerprint density at radius 2 is 2.19 bits per heavy atom. The fourth-order valence-corrected chi connectivity index (χ4v) is 3.10. The fraction of sp³-hybridized carbons (Fsp3) is 0.375. The van der Waals surface area contributed by atoms with Crippen LogP contribution in [0, 0.1) is 0 Å². The Kier molecular flexibility index (Phi) is 3.86. The van der Waals surface area contributed by atoms with Crippen LogP contribution in [0.3, 0.4) is 0 Å². The first kappa shape index (κ1) is 14.0. The number of hydrogen-bond acceptors (Lipinski definition) is 4. The SMILES string of the molecule is CON1CCC[C@@]1(C(=O)Cc1ccccc1)n1ccnc1. The minimum atomic E-state index is -0.777. The molecular weight excluding hydrogens is 266 g/mol. The molecule has 1 aliphatic heterocycles. The largest absolute Gasteiger partial charge is 0.310 e. The fourth-order valence-electron chi connectivity index (χ4n) is 3.10. The van der Waals surface area contributed by atoms with Crippen LogP contribution in [-0.4, -0.2) is 34.1 Å². The third-order valence-corrected chi connectivity index (χ3v) is 4.11. The van der Waals surface area contributed by atoms with Crippen LogP contribution in [0.2, 0.25) is 0 Å². The molecule has 0 unspecified atom stereocenters. The summed E-state index contributed by atoms with van der Waals surface area (Å²) in [6.07, 6.45) is 7.28. The molecule has 1 fully saturated rings. The van der Waals surface area contributed by atoms with E-state index in [0.717, 1.165) is 24.9 Å². The minimum absolute atomic E-state index is 0.131. The van der Waals surface area contributed by atoms with Gasteiger partial charge in [-0.15, -0.1) is 0 Å². The summed E-state index contributed by atoms with van der Waals surface area (Å²) in [7, 11) is 1.62. The summed E-state index contributed by atoms with van der Waals surface area (Å²) in [5.74, 6) is 0.131. The molecule has 21 heavy (non-hydrogen) atoms. The molecule has 2 aromatic rings. The van der Waals surface area contributed by atoms with Crippen LogP contribution < -0.4 is 0 Å². The standard InChI is InChI=1S/C16H19N3O2/c1-21-19-10-5-8-16(19,18-11-9-17-13-18)15(20)12-14-6-3-2-4-7-14/h2-4,6-7,9,11,13H,5,8,10,12H2,1H3/t16-/m1/s1. The molecule has 5 heteroatoms. The van der Waals surface area contributed by atoms with Gasteiger partial charge < -0.3 is 4.57 Å². The summed E-state index contributed by atoms with van der Waals surface area (Å²) >= 11 is 0. The van der Waals surface area contributed by atoms with Crippen molar-refractivity contribution < 1.29 is 9.63 Å². The van der Waals surface area contributed by atoms with Crippen LogP contribution in [0.5, 0.6) is 0 Å². The van der Waals surface area contributed by atoms with Crippen molar-refractivity contribution in [2.24, 2.45) is 0 Å². The van der Waals surface area contributed by atoms with E-state index < -0.39 is 5.66 Å². The quantitative estimate of drug-likeness (QED) is 0.843. The van der Waals surface area contributed by atoms with Crippen molar-refractivity contribution in [1.29, 1.82) is 0 Å². The van der Waals surface area contributed by atoms with E-state index in [9.17, 15) is 4.79 Å². The van der Waals surface area contributed by atoms with E-state index in [1.54, 1.807) is 24.7 Å². The lowest BCUT2D eigenvalue weighted by atomic mass is 9.96. The van der Waals surface area contributed by atoms with Crippen LogP contribution in [0.4, 0.5) is 0 Å². The van der Waals surface area contributed by atoms with E-state index in [1.807, 2.05) is 41.1 Å². The molecule has 1 aromatic heterocycles. The maximum atomic E-state index is 13.0. The van der Waals surface area contributed by atoms with Crippen LogP contribution in [0.25, 0.3) is 0 Å². The van der Waals surface area contributed by atoms with Gasteiger partial charge >= 0.3 is 0 Å². The first-order valence-electron chi connectivity index (χ1n) is 7.15. The highest BCUT2D eigenvalue weighted by molar-refractivity contribution is 5.88. The van der Waals surface area contributed by atoms with Gasteiger partial charge in [-0.05, 0) is 18.4 Å². The van der Waals surface area contributed by atoms with Gasteiger partial charge in [0.15, 0.2) is 11.4 Å². The Morgan fingerprint density at radius 3 is 2.86 bits per heavy atom. The van der Waals surface area contributed by atoms with Gasteiger partial charge in [0.2, 0.25) is 0 Å². The van der Waals surface area contributed by atoms with Crippen molar-refractivity contribution >= 4 is 5.78 Å². The average Bonchev–Trinajstić information content (AvgIpc) is 3.17. The van der Waals surface area contributed by atoms with E-state index in [4.69, 9.17) is 4.84 Å². The van der Waals surface area contributed by atoms with Crippen molar-refractivity contribution in [2.75, 3.05) is 13.7 Å². The molecule has 0 spiro atoms. The van der Waals surface area contributed by atoms with Crippen molar-refractivity contribution in [3.8, 4) is 0 Å². The van der Waals surface area contributed by atoms with Gasteiger partial charge in [-0.1, -0.05) is 30.3 Å². The Morgan fingerprint density at radius 1 is 1.38 bits per heavy atom. The highest BCUT2D eigenvalue weighted by Crippen LogP contribution is 2.35. The molecule has 0 N–H and O–H groups in total. The first-order valence-corrected chi connectivity index (χ1v) is 7.15. The molecule has 1 saturated heterocycles. The molecule has 0 radical (unpaired) electrons. The van der Waals surface area contributed by atoms with Gasteiger partial charge in [0.1, 0.15) is 0 Å². The van der Waals surface area contributed by atoms with Crippen LogP contribution >= 0.6 is 0 Å². The smallest absolute Gasteiger partial charge is 0.180 e. The topological polar surface area (TPSA) is 47.4 Å². The molecule has 1 aliphatic rings. The normalized spacial score (nSPS) is 22.5. The van der Waals surface area contributed by atoms with E-state index >= 15 is 0 Å². The number of hydroxylamine groups is 2. The van der Waals surface area contributed by atoms with Gasteiger partial charge in [0.25, 0.3) is 0 Å². The molecule has 3 rings (SSSR count). The summed E-state index contributed by atoms with van der Waals surface area (Å²) in [6, 6.07) is 9.82. The second-order valence-electron chi connectivity index (χ2n) is 5.26. The Bertz CT molecular complexity index is 597. The average molecular weight is 285 g/mol. The Hall–Kier alpha value is -1.98. The highest BCUT2D eigenvalue weighted by Gasteiger charge is 2.49. The third-order valence-electron chi connectivity index (χ3n) is 4.11. The molecule has 0 saturated carbocycles. The molecule has 110 valence electrons. The van der Waals surface area contributed by atoms with Gasteiger partial charge in [-0.25, -0.2) is 4.98 Å². The zero-order valence-electron chi connectivity index (χ0n) is 12.1. The van der Waals surface area contributed by atoms with Crippen molar-refractivity contribution in [3.63, 3.8) is 0 Å². The molecule has 0 aliphatic carbocycles. The number of imidazole rings is 1. The number of rotatable bonds is 5. The van der Waals surface area contributed by atoms with Crippen molar-refractivity contribution in [2.45, 2.75) is 24.9 Å². The van der Waals surface area contributed by atoms with Gasteiger partial charge in [-0.2, -0.15) is 5.06 Å². The maximum Gasteiger partial charge on any atom is 0.180 e.